The summed E-state index contributed by atoms with van der Waals surface area (Å²) >= 11 is 5.88. The molecule has 1 fully saturated rings. The number of benzene rings is 1. The molecule has 1 aliphatic rings. The fourth-order valence-electron chi connectivity index (χ4n) is 2.44. The maximum Gasteiger partial charge on any atom is 0.471 e. The lowest BCUT2D eigenvalue weighted by atomic mass is 10.00. The smallest absolute Gasteiger partial charge is 0.369 e. The third kappa shape index (κ3) is 5.09. The van der Waals surface area contributed by atoms with Crippen molar-refractivity contribution in [2.24, 2.45) is 0 Å². The second-order valence-electron chi connectivity index (χ2n) is 5.33. The quantitative estimate of drug-likeness (QED) is 0.848. The first kappa shape index (κ1) is 18.0. The van der Waals surface area contributed by atoms with Gasteiger partial charge < -0.3 is 14.8 Å². The largest absolute Gasteiger partial charge is 0.471 e. The van der Waals surface area contributed by atoms with Crippen molar-refractivity contribution in [1.82, 2.24) is 5.32 Å². The first-order valence-corrected chi connectivity index (χ1v) is 7.53. The van der Waals surface area contributed by atoms with E-state index < -0.39 is 35.9 Å². The Morgan fingerprint density at radius 1 is 1.39 bits per heavy atom. The van der Waals surface area contributed by atoms with Gasteiger partial charge in [0.05, 0.1) is 18.8 Å². The van der Waals surface area contributed by atoms with Crippen LogP contribution >= 0.6 is 11.6 Å². The van der Waals surface area contributed by atoms with Crippen molar-refractivity contribution >= 4 is 17.5 Å². The van der Waals surface area contributed by atoms with Crippen molar-refractivity contribution in [3.63, 3.8) is 0 Å². The van der Waals surface area contributed by atoms with Crippen molar-refractivity contribution in [3.8, 4) is 0 Å². The molecule has 0 spiro atoms. The Morgan fingerprint density at radius 3 is 2.65 bits per heavy atom. The van der Waals surface area contributed by atoms with Crippen LogP contribution in [0.4, 0.5) is 13.2 Å². The van der Waals surface area contributed by atoms with E-state index in [2.05, 4.69) is 0 Å². The van der Waals surface area contributed by atoms with Crippen LogP contribution in [0.15, 0.2) is 30.3 Å². The molecule has 128 valence electrons. The van der Waals surface area contributed by atoms with E-state index in [0.717, 1.165) is 5.56 Å². The minimum atomic E-state index is -4.95. The lowest BCUT2D eigenvalue weighted by Gasteiger charge is -2.39. The molecular formula is C15H17ClF3NO3. The summed E-state index contributed by atoms with van der Waals surface area (Å²) in [5.74, 6) is -2.01. The van der Waals surface area contributed by atoms with E-state index in [4.69, 9.17) is 21.1 Å². The standard InChI is InChI=1S/C15H17ClF3NO3/c1-9-13(22-8-10-5-3-2-4-6-10)11(7-12(16)23-9)20-14(21)15(17,18)19/h2-6,9,11-13H,7-8H2,1H3,(H,20,21)/t9-,11-,12+,13+/m0/s1. The SMILES string of the molecule is C[C@@H]1O[C@@H](Cl)C[C@H](NC(=O)C(F)(F)F)[C@@H]1OCc1ccccc1. The number of amides is 1. The molecular weight excluding hydrogens is 335 g/mol. The van der Waals surface area contributed by atoms with Crippen molar-refractivity contribution in [3.05, 3.63) is 35.9 Å². The summed E-state index contributed by atoms with van der Waals surface area (Å²) in [4.78, 5) is 11.2. The first-order chi connectivity index (χ1) is 10.8. The molecule has 1 amide bonds. The number of halogens is 4. The molecule has 0 saturated carbocycles. The number of carbonyl (C=O) groups is 1. The normalized spacial score (nSPS) is 28.4. The fraction of sp³-hybridized carbons (Fsp3) is 0.533. The van der Waals surface area contributed by atoms with Crippen molar-refractivity contribution < 1.29 is 27.4 Å². The van der Waals surface area contributed by atoms with Crippen LogP contribution in [0.3, 0.4) is 0 Å². The molecule has 8 heteroatoms. The molecule has 4 nitrogen and oxygen atoms in total. The van der Waals surface area contributed by atoms with E-state index in [9.17, 15) is 18.0 Å². The monoisotopic (exact) mass is 351 g/mol. The molecule has 1 heterocycles. The second-order valence-corrected chi connectivity index (χ2v) is 5.81. The van der Waals surface area contributed by atoms with Gasteiger partial charge in [-0.2, -0.15) is 13.2 Å². The molecule has 1 aliphatic heterocycles. The Labute approximate surface area is 136 Å². The first-order valence-electron chi connectivity index (χ1n) is 7.10. The van der Waals surface area contributed by atoms with Gasteiger partial charge in [-0.25, -0.2) is 0 Å². The number of rotatable bonds is 4. The summed E-state index contributed by atoms with van der Waals surface area (Å²) in [5, 5.41) is 1.95. The Morgan fingerprint density at radius 2 is 2.04 bits per heavy atom. The predicted octanol–water partition coefficient (Wildman–Crippen LogP) is 2.99. The number of carbonyl (C=O) groups excluding carboxylic acids is 1. The summed E-state index contributed by atoms with van der Waals surface area (Å²) in [7, 11) is 0. The van der Waals surface area contributed by atoms with E-state index in [1.807, 2.05) is 35.6 Å². The molecule has 0 radical (unpaired) electrons. The van der Waals surface area contributed by atoms with Crippen LogP contribution in [-0.2, 0) is 20.9 Å². The summed E-state index contributed by atoms with van der Waals surface area (Å²) in [6, 6.07) is 8.30. The predicted molar refractivity (Wildman–Crippen MR) is 77.8 cm³/mol. The van der Waals surface area contributed by atoms with Gasteiger partial charge in [0.15, 0.2) is 0 Å². The van der Waals surface area contributed by atoms with E-state index >= 15 is 0 Å². The number of alkyl halides is 4. The van der Waals surface area contributed by atoms with Crippen molar-refractivity contribution in [2.45, 2.75) is 49.9 Å². The maximum absolute atomic E-state index is 12.5. The zero-order chi connectivity index (χ0) is 17.0. The highest BCUT2D eigenvalue weighted by Gasteiger charge is 2.44. The highest BCUT2D eigenvalue weighted by atomic mass is 35.5. The molecule has 1 aromatic rings. The summed E-state index contributed by atoms with van der Waals surface area (Å²) in [6.45, 7) is 1.85. The van der Waals surface area contributed by atoms with Gasteiger partial charge in [0.1, 0.15) is 11.7 Å². The average molecular weight is 352 g/mol. The Hall–Kier alpha value is -1.31. The Kier molecular flexibility index (Phi) is 5.89. The minimum Gasteiger partial charge on any atom is -0.369 e. The molecule has 1 aromatic carbocycles. The van der Waals surface area contributed by atoms with Gasteiger partial charge in [-0.1, -0.05) is 41.9 Å². The Bertz CT molecular complexity index is 526. The zero-order valence-corrected chi connectivity index (χ0v) is 13.1. The minimum absolute atomic E-state index is 0.0349. The highest BCUT2D eigenvalue weighted by Crippen LogP contribution is 2.27. The molecule has 0 bridgehead atoms. The van der Waals surface area contributed by atoms with Crippen LogP contribution in [-0.4, -0.2) is 35.9 Å². The fourth-order valence-corrected chi connectivity index (χ4v) is 2.79. The van der Waals surface area contributed by atoms with Crippen molar-refractivity contribution in [2.75, 3.05) is 0 Å². The number of nitrogens with one attached hydrogen (secondary N) is 1. The van der Waals surface area contributed by atoms with E-state index in [1.54, 1.807) is 6.92 Å². The van der Waals surface area contributed by atoms with Crippen LogP contribution in [0.2, 0.25) is 0 Å². The lowest BCUT2D eigenvalue weighted by molar-refractivity contribution is -0.180. The van der Waals surface area contributed by atoms with Crippen LogP contribution in [0, 0.1) is 0 Å². The Balaban J connectivity index is 2.04. The van der Waals surface area contributed by atoms with Gasteiger partial charge in [-0.05, 0) is 12.5 Å². The van der Waals surface area contributed by atoms with Crippen LogP contribution in [0.1, 0.15) is 18.9 Å². The summed E-state index contributed by atoms with van der Waals surface area (Å²) in [6.07, 6.45) is -6.19. The van der Waals surface area contributed by atoms with E-state index in [0.29, 0.717) is 0 Å². The van der Waals surface area contributed by atoms with Gasteiger partial charge >= 0.3 is 12.1 Å². The van der Waals surface area contributed by atoms with Gasteiger partial charge in [-0.3, -0.25) is 4.79 Å². The maximum atomic E-state index is 12.5. The molecule has 4 atom stereocenters. The van der Waals surface area contributed by atoms with Gasteiger partial charge in [-0.15, -0.1) is 0 Å². The zero-order valence-electron chi connectivity index (χ0n) is 12.3. The van der Waals surface area contributed by atoms with Gasteiger partial charge in [0.25, 0.3) is 0 Å². The van der Waals surface area contributed by atoms with Crippen LogP contribution in [0.25, 0.3) is 0 Å². The van der Waals surface area contributed by atoms with E-state index in [1.165, 1.54) is 0 Å². The third-order valence-corrected chi connectivity index (χ3v) is 3.80. The van der Waals surface area contributed by atoms with Gasteiger partial charge in [0.2, 0.25) is 0 Å². The topological polar surface area (TPSA) is 47.6 Å². The average Bonchev–Trinajstić information content (AvgIpc) is 2.46. The molecule has 1 N–H and O–H groups in total. The third-order valence-electron chi connectivity index (χ3n) is 3.52. The summed E-state index contributed by atoms with van der Waals surface area (Å²) in [5.41, 5.74) is 0.0914. The number of ether oxygens (including phenoxy) is 2. The molecule has 0 aromatic heterocycles. The van der Waals surface area contributed by atoms with Crippen molar-refractivity contribution in [1.29, 1.82) is 0 Å². The highest BCUT2D eigenvalue weighted by molar-refractivity contribution is 6.19. The molecule has 2 rings (SSSR count). The molecule has 23 heavy (non-hydrogen) atoms. The molecule has 1 saturated heterocycles. The molecule has 0 unspecified atom stereocenters. The summed E-state index contributed by atoms with van der Waals surface area (Å²) < 4.78 is 48.5. The molecule has 0 aliphatic carbocycles. The number of hydrogen-bond acceptors (Lipinski definition) is 3. The second kappa shape index (κ2) is 7.51. The van der Waals surface area contributed by atoms with Gasteiger partial charge in [0, 0.05) is 6.42 Å². The van der Waals surface area contributed by atoms with Crippen LogP contribution in [0.5, 0.6) is 0 Å². The number of hydrogen-bond donors (Lipinski definition) is 1. The lowest BCUT2D eigenvalue weighted by Crippen LogP contribution is -2.57. The van der Waals surface area contributed by atoms with Crippen LogP contribution < -0.4 is 5.32 Å². The van der Waals surface area contributed by atoms with E-state index in [-0.39, 0.29) is 13.0 Å².